The predicted octanol–water partition coefficient (Wildman–Crippen LogP) is 3.13. The van der Waals surface area contributed by atoms with E-state index in [1.54, 1.807) is 10.9 Å². The maximum absolute atomic E-state index is 13.2. The summed E-state index contributed by atoms with van der Waals surface area (Å²) < 4.78 is 33.5. The van der Waals surface area contributed by atoms with Gasteiger partial charge in [0.15, 0.2) is 11.6 Å². The summed E-state index contributed by atoms with van der Waals surface area (Å²) in [6, 6.07) is 2.26. The fourth-order valence-electron chi connectivity index (χ4n) is 1.68. The number of ether oxygens (including phenoxy) is 1. The Labute approximate surface area is 104 Å². The van der Waals surface area contributed by atoms with Crippen molar-refractivity contribution in [2.45, 2.75) is 32.9 Å². The summed E-state index contributed by atoms with van der Waals surface area (Å²) in [6.45, 7) is 6.95. The van der Waals surface area contributed by atoms with E-state index >= 15 is 0 Å². The van der Waals surface area contributed by atoms with Crippen LogP contribution in [0.5, 0.6) is 0 Å². The molecule has 5 heteroatoms. The van der Waals surface area contributed by atoms with Crippen LogP contribution in [0.25, 0.3) is 11.0 Å². The SMILES string of the molecule is CC(C)(C)OCCn1cnc2cc(F)c(F)cc21. The van der Waals surface area contributed by atoms with E-state index in [2.05, 4.69) is 4.98 Å². The zero-order valence-electron chi connectivity index (χ0n) is 10.7. The Balaban J connectivity index is 2.17. The Hall–Kier alpha value is -1.49. The molecule has 0 unspecified atom stereocenters. The Morgan fingerprint density at radius 2 is 1.89 bits per heavy atom. The number of benzene rings is 1. The van der Waals surface area contributed by atoms with E-state index in [4.69, 9.17) is 4.74 Å². The molecule has 98 valence electrons. The number of nitrogens with zero attached hydrogens (tertiary/aromatic N) is 2. The van der Waals surface area contributed by atoms with Gasteiger partial charge in [0.1, 0.15) is 0 Å². The summed E-state index contributed by atoms with van der Waals surface area (Å²) in [7, 11) is 0. The summed E-state index contributed by atoms with van der Waals surface area (Å²) in [5.41, 5.74) is 0.810. The van der Waals surface area contributed by atoms with Gasteiger partial charge in [0.25, 0.3) is 0 Å². The van der Waals surface area contributed by atoms with Gasteiger partial charge in [0.05, 0.1) is 29.6 Å². The average Bonchev–Trinajstić information content (AvgIpc) is 2.60. The molecule has 2 rings (SSSR count). The first kappa shape index (κ1) is 13.0. The van der Waals surface area contributed by atoms with E-state index in [1.807, 2.05) is 20.8 Å². The van der Waals surface area contributed by atoms with Crippen LogP contribution in [0, 0.1) is 11.6 Å². The third kappa shape index (κ3) is 2.85. The lowest BCUT2D eigenvalue weighted by Crippen LogP contribution is -2.21. The second kappa shape index (κ2) is 4.65. The molecule has 0 spiro atoms. The molecule has 0 fully saturated rings. The van der Waals surface area contributed by atoms with Crippen LogP contribution in [0.15, 0.2) is 18.5 Å². The maximum Gasteiger partial charge on any atom is 0.161 e. The first-order chi connectivity index (χ1) is 8.37. The van der Waals surface area contributed by atoms with E-state index < -0.39 is 11.6 Å². The van der Waals surface area contributed by atoms with E-state index in [0.717, 1.165) is 12.1 Å². The van der Waals surface area contributed by atoms with Gasteiger partial charge in [-0.2, -0.15) is 0 Å². The first-order valence-corrected chi connectivity index (χ1v) is 5.81. The van der Waals surface area contributed by atoms with Crippen LogP contribution in [-0.4, -0.2) is 21.8 Å². The monoisotopic (exact) mass is 254 g/mol. The topological polar surface area (TPSA) is 27.1 Å². The van der Waals surface area contributed by atoms with E-state index in [-0.39, 0.29) is 5.60 Å². The summed E-state index contributed by atoms with van der Waals surface area (Å²) in [5.74, 6) is -1.74. The number of rotatable bonds is 3. The standard InChI is InChI=1S/C13H16F2N2O/c1-13(2,3)18-5-4-17-8-16-11-6-9(14)10(15)7-12(11)17/h6-8H,4-5H2,1-3H3. The Morgan fingerprint density at radius 1 is 1.22 bits per heavy atom. The molecule has 0 amide bonds. The van der Waals surface area contributed by atoms with Gasteiger partial charge in [-0.15, -0.1) is 0 Å². The minimum Gasteiger partial charge on any atom is -0.374 e. The van der Waals surface area contributed by atoms with E-state index in [9.17, 15) is 8.78 Å². The van der Waals surface area contributed by atoms with Crippen LogP contribution in [0.4, 0.5) is 8.78 Å². The molecule has 2 aromatic rings. The molecule has 0 atom stereocenters. The van der Waals surface area contributed by atoms with Crippen LogP contribution in [-0.2, 0) is 11.3 Å². The molecular formula is C13H16F2N2O. The molecular weight excluding hydrogens is 238 g/mol. The van der Waals surface area contributed by atoms with E-state index in [0.29, 0.717) is 24.2 Å². The van der Waals surface area contributed by atoms with Crippen molar-refractivity contribution >= 4 is 11.0 Å². The smallest absolute Gasteiger partial charge is 0.161 e. The molecule has 0 N–H and O–H groups in total. The van der Waals surface area contributed by atoms with Crippen molar-refractivity contribution in [2.75, 3.05) is 6.61 Å². The van der Waals surface area contributed by atoms with Gasteiger partial charge < -0.3 is 9.30 Å². The van der Waals surface area contributed by atoms with Crippen molar-refractivity contribution in [3.63, 3.8) is 0 Å². The van der Waals surface area contributed by atoms with Crippen molar-refractivity contribution in [3.8, 4) is 0 Å². The fourth-order valence-corrected chi connectivity index (χ4v) is 1.68. The molecule has 0 saturated carbocycles. The highest BCUT2D eigenvalue weighted by Crippen LogP contribution is 2.17. The van der Waals surface area contributed by atoms with Crippen molar-refractivity contribution in [1.29, 1.82) is 0 Å². The van der Waals surface area contributed by atoms with Crippen LogP contribution in [0.3, 0.4) is 0 Å². The van der Waals surface area contributed by atoms with Gasteiger partial charge in [-0.1, -0.05) is 0 Å². The molecule has 0 saturated heterocycles. The molecule has 0 aliphatic rings. The minimum absolute atomic E-state index is 0.215. The zero-order chi connectivity index (χ0) is 13.3. The molecule has 1 aromatic heterocycles. The lowest BCUT2D eigenvalue weighted by atomic mass is 10.2. The van der Waals surface area contributed by atoms with Crippen LogP contribution < -0.4 is 0 Å². The maximum atomic E-state index is 13.2. The highest BCUT2D eigenvalue weighted by Gasteiger charge is 2.11. The van der Waals surface area contributed by atoms with E-state index in [1.165, 1.54) is 0 Å². The number of halogens is 2. The number of aromatic nitrogens is 2. The second-order valence-corrected chi connectivity index (χ2v) is 5.15. The normalized spacial score (nSPS) is 12.3. The Morgan fingerprint density at radius 3 is 2.56 bits per heavy atom. The van der Waals surface area contributed by atoms with Crippen molar-refractivity contribution < 1.29 is 13.5 Å². The quantitative estimate of drug-likeness (QED) is 0.841. The summed E-state index contributed by atoms with van der Waals surface area (Å²) in [6.07, 6.45) is 1.57. The minimum atomic E-state index is -0.876. The average molecular weight is 254 g/mol. The molecule has 18 heavy (non-hydrogen) atoms. The number of hydrogen-bond donors (Lipinski definition) is 0. The van der Waals surface area contributed by atoms with Crippen LogP contribution in [0.2, 0.25) is 0 Å². The lowest BCUT2D eigenvalue weighted by Gasteiger charge is -2.19. The predicted molar refractivity (Wildman–Crippen MR) is 65.4 cm³/mol. The largest absolute Gasteiger partial charge is 0.374 e. The number of fused-ring (bicyclic) bond motifs is 1. The highest BCUT2D eigenvalue weighted by atomic mass is 19.2. The third-order valence-corrected chi connectivity index (χ3v) is 2.53. The van der Waals surface area contributed by atoms with Gasteiger partial charge in [-0.25, -0.2) is 13.8 Å². The number of hydrogen-bond acceptors (Lipinski definition) is 2. The number of imidazole rings is 1. The molecule has 1 aromatic carbocycles. The van der Waals surface area contributed by atoms with Crippen molar-refractivity contribution in [3.05, 3.63) is 30.1 Å². The summed E-state index contributed by atoms with van der Waals surface area (Å²) >= 11 is 0. The van der Waals surface area contributed by atoms with Crippen LogP contribution >= 0.6 is 0 Å². The van der Waals surface area contributed by atoms with Gasteiger partial charge in [-0.3, -0.25) is 0 Å². The van der Waals surface area contributed by atoms with Crippen LogP contribution in [0.1, 0.15) is 20.8 Å². The molecule has 0 radical (unpaired) electrons. The molecule has 0 bridgehead atoms. The van der Waals surface area contributed by atoms with Gasteiger partial charge in [0, 0.05) is 18.7 Å². The lowest BCUT2D eigenvalue weighted by molar-refractivity contribution is -0.00649. The van der Waals surface area contributed by atoms with Gasteiger partial charge >= 0.3 is 0 Å². The molecule has 1 heterocycles. The summed E-state index contributed by atoms with van der Waals surface area (Å²) in [4.78, 5) is 4.04. The van der Waals surface area contributed by atoms with Crippen molar-refractivity contribution in [1.82, 2.24) is 9.55 Å². The Bertz CT molecular complexity index is 558. The van der Waals surface area contributed by atoms with Gasteiger partial charge in [0.2, 0.25) is 0 Å². The van der Waals surface area contributed by atoms with Gasteiger partial charge in [-0.05, 0) is 20.8 Å². The van der Waals surface area contributed by atoms with Crippen molar-refractivity contribution in [2.24, 2.45) is 0 Å². The fraction of sp³-hybridized carbons (Fsp3) is 0.462. The summed E-state index contributed by atoms with van der Waals surface area (Å²) in [5, 5.41) is 0. The molecule has 0 aliphatic heterocycles. The molecule has 0 aliphatic carbocycles. The second-order valence-electron chi connectivity index (χ2n) is 5.15. The Kier molecular flexibility index (Phi) is 3.34. The zero-order valence-corrected chi connectivity index (χ0v) is 10.7. The third-order valence-electron chi connectivity index (χ3n) is 2.53. The highest BCUT2D eigenvalue weighted by molar-refractivity contribution is 5.75. The molecule has 3 nitrogen and oxygen atoms in total. The first-order valence-electron chi connectivity index (χ1n) is 5.81.